The van der Waals surface area contributed by atoms with Crippen molar-refractivity contribution in [3.05, 3.63) is 60.9 Å². The highest BCUT2D eigenvalue weighted by atomic mass is 32.2. The molecule has 0 saturated carbocycles. The van der Waals surface area contributed by atoms with Crippen LogP contribution in [0, 0.1) is 0 Å². The lowest BCUT2D eigenvalue weighted by Gasteiger charge is -2.19. The molecule has 3 rings (SSSR count). The first-order chi connectivity index (χ1) is 14.6. The van der Waals surface area contributed by atoms with E-state index in [1.165, 1.54) is 0 Å². The molecular weight excluding hydrogens is 396 g/mol. The van der Waals surface area contributed by atoms with Crippen LogP contribution in [0.5, 0.6) is 5.75 Å². The van der Waals surface area contributed by atoms with E-state index >= 15 is 0 Å². The van der Waals surface area contributed by atoms with Crippen LogP contribution in [0.15, 0.2) is 65.8 Å². The first kappa shape index (κ1) is 22.1. The molecule has 30 heavy (non-hydrogen) atoms. The molecule has 0 saturated heterocycles. The van der Waals surface area contributed by atoms with Crippen LogP contribution in [0.2, 0.25) is 0 Å². The molecule has 0 fully saturated rings. The molecule has 0 aliphatic carbocycles. The van der Waals surface area contributed by atoms with Crippen molar-refractivity contribution in [1.29, 1.82) is 0 Å². The number of nitrogens with zero attached hydrogens (tertiary/aromatic N) is 3. The van der Waals surface area contributed by atoms with Gasteiger partial charge in [0.05, 0.1) is 7.11 Å². The first-order valence-electron chi connectivity index (χ1n) is 10.1. The molecule has 2 aromatic carbocycles. The van der Waals surface area contributed by atoms with Gasteiger partial charge >= 0.3 is 0 Å². The monoisotopic (exact) mass is 424 g/mol. The SMILES string of the molecule is CCN(CC)CC[S+]([O-])c1ccc(Nc2ncc(-c3ccc(OC)cc3)cn2)cc1. The molecule has 1 heterocycles. The second-order valence-corrected chi connectivity index (χ2v) is 8.32. The zero-order valence-electron chi connectivity index (χ0n) is 17.7. The number of rotatable bonds is 10. The van der Waals surface area contributed by atoms with Crippen molar-refractivity contribution >= 4 is 22.8 Å². The normalized spacial score (nSPS) is 12.0. The van der Waals surface area contributed by atoms with Crippen LogP contribution < -0.4 is 10.1 Å². The lowest BCUT2D eigenvalue weighted by atomic mass is 10.1. The van der Waals surface area contributed by atoms with Crippen LogP contribution in [0.25, 0.3) is 11.1 Å². The maximum Gasteiger partial charge on any atom is 0.227 e. The zero-order valence-corrected chi connectivity index (χ0v) is 18.5. The van der Waals surface area contributed by atoms with Gasteiger partial charge in [-0.05, 0) is 66.2 Å². The van der Waals surface area contributed by atoms with E-state index in [4.69, 9.17) is 4.74 Å². The van der Waals surface area contributed by atoms with Gasteiger partial charge in [0.15, 0.2) is 4.90 Å². The third-order valence-electron chi connectivity index (χ3n) is 4.94. The Balaban J connectivity index is 1.58. The summed E-state index contributed by atoms with van der Waals surface area (Å²) in [6, 6.07) is 15.4. The highest BCUT2D eigenvalue weighted by Crippen LogP contribution is 2.22. The molecule has 7 heteroatoms. The Morgan fingerprint density at radius 2 is 1.57 bits per heavy atom. The number of methoxy groups -OCH3 is 1. The zero-order chi connectivity index (χ0) is 21.3. The van der Waals surface area contributed by atoms with Crippen molar-refractivity contribution < 1.29 is 9.29 Å². The Morgan fingerprint density at radius 3 is 2.13 bits per heavy atom. The molecule has 1 N–H and O–H groups in total. The second-order valence-electron chi connectivity index (χ2n) is 6.75. The standard InChI is InChI=1S/C23H28N4O2S/c1-4-27(5-2)14-15-30(28)22-12-8-20(9-13-22)26-23-24-16-19(17-25-23)18-6-10-21(29-3)11-7-18/h6-13,16-17H,4-5,14-15H2,1-3H3,(H,24,25,26). The second kappa shape index (κ2) is 11.0. The van der Waals surface area contributed by atoms with E-state index in [0.717, 1.165) is 47.1 Å². The van der Waals surface area contributed by atoms with E-state index in [1.54, 1.807) is 19.5 Å². The molecule has 0 aliphatic heterocycles. The van der Waals surface area contributed by atoms with Crippen LogP contribution in [0.4, 0.5) is 11.6 Å². The Bertz CT molecular complexity index is 898. The van der Waals surface area contributed by atoms with Crippen molar-refractivity contribution in [3.63, 3.8) is 0 Å². The predicted molar refractivity (Wildman–Crippen MR) is 123 cm³/mol. The Labute approximate surface area is 181 Å². The molecule has 1 aromatic heterocycles. The average molecular weight is 425 g/mol. The summed E-state index contributed by atoms with van der Waals surface area (Å²) in [7, 11) is 1.65. The van der Waals surface area contributed by atoms with Crippen molar-refractivity contribution in [3.8, 4) is 16.9 Å². The lowest BCUT2D eigenvalue weighted by molar-refractivity contribution is 0.321. The number of hydrogen-bond donors (Lipinski definition) is 1. The molecular formula is C23H28N4O2S. The molecule has 3 aromatic rings. The van der Waals surface area contributed by atoms with E-state index in [1.807, 2.05) is 48.5 Å². The fraction of sp³-hybridized carbons (Fsp3) is 0.304. The van der Waals surface area contributed by atoms with E-state index in [-0.39, 0.29) is 0 Å². The third kappa shape index (κ3) is 5.95. The van der Waals surface area contributed by atoms with Crippen LogP contribution in [-0.4, -0.2) is 51.9 Å². The minimum Gasteiger partial charge on any atom is -0.611 e. The van der Waals surface area contributed by atoms with Gasteiger partial charge in [-0.1, -0.05) is 26.0 Å². The largest absolute Gasteiger partial charge is 0.611 e. The first-order valence-corrected chi connectivity index (χ1v) is 11.4. The molecule has 0 bridgehead atoms. The highest BCUT2D eigenvalue weighted by molar-refractivity contribution is 7.91. The number of benzene rings is 2. The topological polar surface area (TPSA) is 73.3 Å². The molecule has 6 nitrogen and oxygen atoms in total. The minimum atomic E-state index is -0.998. The van der Waals surface area contributed by atoms with Gasteiger partial charge in [-0.3, -0.25) is 4.90 Å². The minimum absolute atomic E-state index is 0.516. The summed E-state index contributed by atoms with van der Waals surface area (Å²) in [5, 5.41) is 3.19. The number of ether oxygens (including phenoxy) is 1. The van der Waals surface area contributed by atoms with Crippen LogP contribution in [0.3, 0.4) is 0 Å². The number of aromatic nitrogens is 2. The van der Waals surface area contributed by atoms with Gasteiger partial charge in [-0.25, -0.2) is 9.97 Å². The van der Waals surface area contributed by atoms with Crippen LogP contribution in [-0.2, 0) is 11.2 Å². The number of nitrogens with one attached hydrogen (secondary N) is 1. The maximum atomic E-state index is 12.5. The van der Waals surface area contributed by atoms with E-state index < -0.39 is 11.2 Å². The van der Waals surface area contributed by atoms with E-state index in [2.05, 4.69) is 34.0 Å². The quantitative estimate of drug-likeness (QED) is 0.488. The molecule has 0 amide bonds. The van der Waals surface area contributed by atoms with Gasteiger partial charge < -0.3 is 14.6 Å². The molecule has 158 valence electrons. The van der Waals surface area contributed by atoms with Crippen molar-refractivity contribution in [1.82, 2.24) is 14.9 Å². The van der Waals surface area contributed by atoms with Crippen LogP contribution in [0.1, 0.15) is 13.8 Å². The molecule has 0 aliphatic rings. The summed E-state index contributed by atoms with van der Waals surface area (Å²) in [5.41, 5.74) is 2.82. The van der Waals surface area contributed by atoms with Gasteiger partial charge in [0.25, 0.3) is 0 Å². The summed E-state index contributed by atoms with van der Waals surface area (Å²) < 4.78 is 17.7. The summed E-state index contributed by atoms with van der Waals surface area (Å²) >= 11 is -0.998. The Kier molecular flexibility index (Phi) is 8.07. The Morgan fingerprint density at radius 1 is 0.933 bits per heavy atom. The summed E-state index contributed by atoms with van der Waals surface area (Å²) in [6.07, 6.45) is 3.57. The smallest absolute Gasteiger partial charge is 0.227 e. The summed E-state index contributed by atoms with van der Waals surface area (Å²) in [5.74, 6) is 1.97. The van der Waals surface area contributed by atoms with Gasteiger partial charge in [-0.15, -0.1) is 0 Å². The molecule has 1 atom stereocenters. The summed E-state index contributed by atoms with van der Waals surface area (Å²) in [4.78, 5) is 11.9. The fourth-order valence-corrected chi connectivity index (χ4v) is 4.11. The van der Waals surface area contributed by atoms with E-state index in [9.17, 15) is 4.55 Å². The van der Waals surface area contributed by atoms with Gasteiger partial charge in [0, 0.05) is 30.2 Å². The maximum absolute atomic E-state index is 12.5. The third-order valence-corrected chi connectivity index (χ3v) is 6.29. The van der Waals surface area contributed by atoms with Gasteiger partial charge in [0.2, 0.25) is 5.95 Å². The number of hydrogen-bond acceptors (Lipinski definition) is 6. The van der Waals surface area contributed by atoms with Crippen LogP contribution >= 0.6 is 0 Å². The van der Waals surface area contributed by atoms with Gasteiger partial charge in [-0.2, -0.15) is 0 Å². The molecule has 0 spiro atoms. The highest BCUT2D eigenvalue weighted by Gasteiger charge is 2.12. The predicted octanol–water partition coefficient (Wildman–Crippen LogP) is 4.35. The van der Waals surface area contributed by atoms with Crippen molar-refractivity contribution in [2.75, 3.05) is 37.8 Å². The number of anilines is 2. The molecule has 1 unspecified atom stereocenters. The van der Waals surface area contributed by atoms with Gasteiger partial charge in [0.1, 0.15) is 11.5 Å². The molecule has 0 radical (unpaired) electrons. The average Bonchev–Trinajstić information content (AvgIpc) is 2.80. The van der Waals surface area contributed by atoms with Crippen molar-refractivity contribution in [2.45, 2.75) is 18.7 Å². The summed E-state index contributed by atoms with van der Waals surface area (Å²) in [6.45, 7) is 7.05. The fourth-order valence-electron chi connectivity index (χ4n) is 3.01. The van der Waals surface area contributed by atoms with E-state index in [0.29, 0.717) is 11.7 Å². The lowest BCUT2D eigenvalue weighted by Crippen LogP contribution is -2.29. The van der Waals surface area contributed by atoms with Crippen molar-refractivity contribution in [2.24, 2.45) is 0 Å². The Hall–Kier alpha value is -2.61.